The molecule has 4 nitrogen and oxygen atoms in total. The maximum atomic E-state index is 10.9. The molecule has 15 heavy (non-hydrogen) atoms. The van der Waals surface area contributed by atoms with Crippen LogP contribution in [0.3, 0.4) is 0 Å². The van der Waals surface area contributed by atoms with E-state index in [-0.39, 0.29) is 17.9 Å². The van der Waals surface area contributed by atoms with Gasteiger partial charge in [0, 0.05) is 0 Å². The van der Waals surface area contributed by atoms with Crippen molar-refractivity contribution in [3.8, 4) is 11.5 Å². The van der Waals surface area contributed by atoms with Gasteiger partial charge in [-0.2, -0.15) is 0 Å². The van der Waals surface area contributed by atoms with E-state index in [9.17, 15) is 9.90 Å². The quantitative estimate of drug-likeness (QED) is 0.733. The van der Waals surface area contributed by atoms with E-state index in [1.165, 1.54) is 6.07 Å². The predicted molar refractivity (Wildman–Crippen MR) is 53.8 cm³/mol. The van der Waals surface area contributed by atoms with Crippen molar-refractivity contribution in [3.05, 3.63) is 29.3 Å². The molecule has 0 bridgehead atoms. The number of allylic oxidation sites excluding steroid dienone is 1. The number of aromatic hydroxyl groups is 1. The maximum Gasteiger partial charge on any atom is 0.335 e. The summed E-state index contributed by atoms with van der Waals surface area (Å²) in [5.41, 5.74) is 1.21. The van der Waals surface area contributed by atoms with Gasteiger partial charge in [-0.3, -0.25) is 0 Å². The number of benzene rings is 1. The number of hydrogen-bond donors (Lipinski definition) is 2. The van der Waals surface area contributed by atoms with Crippen LogP contribution in [0.5, 0.6) is 11.5 Å². The number of fused-ring (bicyclic) bond motifs is 1. The second kappa shape index (κ2) is 3.31. The Hall–Kier alpha value is -1.97. The van der Waals surface area contributed by atoms with Crippen molar-refractivity contribution in [2.45, 2.75) is 6.92 Å². The zero-order valence-corrected chi connectivity index (χ0v) is 8.15. The second-order valence-electron chi connectivity index (χ2n) is 3.35. The Morgan fingerprint density at radius 3 is 2.87 bits per heavy atom. The van der Waals surface area contributed by atoms with Crippen LogP contribution in [0, 0.1) is 0 Å². The molecule has 0 amide bonds. The molecule has 2 rings (SSSR count). The summed E-state index contributed by atoms with van der Waals surface area (Å²) in [7, 11) is 0. The van der Waals surface area contributed by atoms with E-state index in [4.69, 9.17) is 9.84 Å². The van der Waals surface area contributed by atoms with Crippen molar-refractivity contribution in [1.82, 2.24) is 0 Å². The highest BCUT2D eigenvalue weighted by molar-refractivity contribution is 5.98. The SMILES string of the molecule is CC1=C(C(=O)O)COc2cccc(O)c21. The minimum absolute atomic E-state index is 0.0393. The minimum Gasteiger partial charge on any atom is -0.507 e. The van der Waals surface area contributed by atoms with E-state index in [0.29, 0.717) is 16.9 Å². The van der Waals surface area contributed by atoms with Gasteiger partial charge >= 0.3 is 5.97 Å². The predicted octanol–water partition coefficient (Wildman–Crippen LogP) is 1.64. The third kappa shape index (κ3) is 1.44. The van der Waals surface area contributed by atoms with Gasteiger partial charge in [0.1, 0.15) is 18.1 Å². The average molecular weight is 206 g/mol. The lowest BCUT2D eigenvalue weighted by atomic mass is 9.98. The van der Waals surface area contributed by atoms with E-state index >= 15 is 0 Å². The molecule has 1 aromatic rings. The largest absolute Gasteiger partial charge is 0.507 e. The molecule has 1 aromatic carbocycles. The van der Waals surface area contributed by atoms with E-state index < -0.39 is 5.97 Å². The third-order valence-electron chi connectivity index (χ3n) is 2.46. The van der Waals surface area contributed by atoms with Crippen molar-refractivity contribution in [3.63, 3.8) is 0 Å². The van der Waals surface area contributed by atoms with Crippen LogP contribution in [0.4, 0.5) is 0 Å². The second-order valence-corrected chi connectivity index (χ2v) is 3.35. The Kier molecular flexibility index (Phi) is 2.11. The molecule has 0 saturated heterocycles. The van der Waals surface area contributed by atoms with Crippen molar-refractivity contribution >= 4 is 11.5 Å². The smallest absolute Gasteiger partial charge is 0.335 e. The molecule has 1 heterocycles. The first-order valence-electron chi connectivity index (χ1n) is 4.49. The Bertz CT molecular complexity index is 460. The molecule has 0 aromatic heterocycles. The van der Waals surface area contributed by atoms with Gasteiger partial charge in [-0.25, -0.2) is 4.79 Å². The van der Waals surface area contributed by atoms with Gasteiger partial charge in [0.15, 0.2) is 0 Å². The molecule has 0 unspecified atom stereocenters. The summed E-state index contributed by atoms with van der Waals surface area (Å²) in [5, 5.41) is 18.5. The van der Waals surface area contributed by atoms with E-state index in [1.807, 2.05) is 0 Å². The van der Waals surface area contributed by atoms with Crippen LogP contribution in [-0.2, 0) is 4.79 Å². The van der Waals surface area contributed by atoms with Crippen LogP contribution in [0.2, 0.25) is 0 Å². The first-order chi connectivity index (χ1) is 7.11. The molecular weight excluding hydrogens is 196 g/mol. The lowest BCUT2D eigenvalue weighted by molar-refractivity contribution is -0.133. The van der Waals surface area contributed by atoms with Crippen LogP contribution in [0.15, 0.2) is 23.8 Å². The molecule has 2 N–H and O–H groups in total. The minimum atomic E-state index is -1.01. The lowest BCUT2D eigenvalue weighted by Gasteiger charge is -2.20. The molecule has 1 aliphatic rings. The van der Waals surface area contributed by atoms with E-state index in [0.717, 1.165) is 0 Å². The zero-order valence-electron chi connectivity index (χ0n) is 8.15. The van der Waals surface area contributed by atoms with Gasteiger partial charge in [-0.1, -0.05) is 6.07 Å². The first-order valence-corrected chi connectivity index (χ1v) is 4.49. The van der Waals surface area contributed by atoms with Crippen LogP contribution >= 0.6 is 0 Å². The van der Waals surface area contributed by atoms with Crippen molar-refractivity contribution < 1.29 is 19.7 Å². The summed E-state index contributed by atoms with van der Waals surface area (Å²) in [6, 6.07) is 4.88. The fraction of sp³-hybridized carbons (Fsp3) is 0.182. The number of carbonyl (C=O) groups is 1. The zero-order chi connectivity index (χ0) is 11.0. The fourth-order valence-electron chi connectivity index (χ4n) is 1.65. The highest BCUT2D eigenvalue weighted by atomic mass is 16.5. The standard InChI is InChI=1S/C11H10O4/c1-6-7(11(13)14)5-15-9-4-2-3-8(12)10(6)9/h2-4,12H,5H2,1H3,(H,13,14). The molecule has 0 fully saturated rings. The number of aliphatic carboxylic acids is 1. The van der Waals surface area contributed by atoms with Gasteiger partial charge in [-0.15, -0.1) is 0 Å². The Morgan fingerprint density at radius 2 is 2.20 bits per heavy atom. The normalized spacial score (nSPS) is 14.5. The number of ether oxygens (including phenoxy) is 1. The molecular formula is C11H10O4. The monoisotopic (exact) mass is 206 g/mol. The highest BCUT2D eigenvalue weighted by Crippen LogP contribution is 2.38. The number of phenols is 1. The van der Waals surface area contributed by atoms with Crippen LogP contribution in [0.1, 0.15) is 12.5 Å². The maximum absolute atomic E-state index is 10.9. The van der Waals surface area contributed by atoms with Gasteiger partial charge in [0.05, 0.1) is 11.1 Å². The topological polar surface area (TPSA) is 66.8 Å². The summed E-state index contributed by atoms with van der Waals surface area (Å²) < 4.78 is 5.25. The Balaban J connectivity index is 2.65. The Morgan fingerprint density at radius 1 is 1.47 bits per heavy atom. The van der Waals surface area contributed by atoms with Gasteiger partial charge in [-0.05, 0) is 24.6 Å². The van der Waals surface area contributed by atoms with Crippen LogP contribution in [0.25, 0.3) is 5.57 Å². The fourth-order valence-corrected chi connectivity index (χ4v) is 1.65. The number of carboxylic acid groups (broad SMARTS) is 1. The highest BCUT2D eigenvalue weighted by Gasteiger charge is 2.23. The van der Waals surface area contributed by atoms with Crippen LogP contribution < -0.4 is 4.74 Å². The number of phenolic OH excluding ortho intramolecular Hbond substituents is 1. The van der Waals surface area contributed by atoms with E-state index in [1.54, 1.807) is 19.1 Å². The third-order valence-corrected chi connectivity index (χ3v) is 2.46. The van der Waals surface area contributed by atoms with Crippen molar-refractivity contribution in [1.29, 1.82) is 0 Å². The number of hydrogen-bond acceptors (Lipinski definition) is 3. The number of rotatable bonds is 1. The summed E-state index contributed by atoms with van der Waals surface area (Å²) >= 11 is 0. The lowest BCUT2D eigenvalue weighted by Crippen LogP contribution is -2.16. The van der Waals surface area contributed by atoms with Gasteiger partial charge in [0.2, 0.25) is 0 Å². The summed E-state index contributed by atoms with van der Waals surface area (Å²) in [5.74, 6) is -0.442. The molecule has 0 atom stereocenters. The van der Waals surface area contributed by atoms with E-state index in [2.05, 4.69) is 0 Å². The molecule has 0 aliphatic carbocycles. The summed E-state index contributed by atoms with van der Waals surface area (Å²) in [4.78, 5) is 10.9. The molecule has 0 radical (unpaired) electrons. The molecule has 0 saturated carbocycles. The van der Waals surface area contributed by atoms with Crippen molar-refractivity contribution in [2.75, 3.05) is 6.61 Å². The van der Waals surface area contributed by atoms with Gasteiger partial charge in [0.25, 0.3) is 0 Å². The van der Waals surface area contributed by atoms with Crippen LogP contribution in [-0.4, -0.2) is 22.8 Å². The van der Waals surface area contributed by atoms with Crippen molar-refractivity contribution in [2.24, 2.45) is 0 Å². The van der Waals surface area contributed by atoms with Gasteiger partial charge < -0.3 is 14.9 Å². The number of carboxylic acids is 1. The molecule has 0 spiro atoms. The molecule has 1 aliphatic heterocycles. The molecule has 78 valence electrons. The Labute approximate surface area is 86.4 Å². The first kappa shape index (κ1) is 9.58. The summed E-state index contributed by atoms with van der Waals surface area (Å²) in [6.07, 6.45) is 0. The average Bonchev–Trinajstić information content (AvgIpc) is 2.17. The molecule has 4 heteroatoms. The summed E-state index contributed by atoms with van der Waals surface area (Å²) in [6.45, 7) is 1.71.